The fraction of sp³-hybridized carbons (Fsp3) is 0.350. The minimum absolute atomic E-state index is 0.00448. The van der Waals surface area contributed by atoms with Gasteiger partial charge in [-0.25, -0.2) is 18.2 Å². The molecule has 1 N–H and O–H groups in total. The number of piperidine rings is 1. The SMILES string of the molecule is COC(=O)c1ccccc1S(=O)(=O)N1CCC(C(=O)NCc2cn3ccsc3n2)CC1. The Morgan fingerprint density at radius 3 is 2.71 bits per heavy atom. The molecule has 1 aliphatic heterocycles. The average molecular weight is 463 g/mol. The molecule has 0 spiro atoms. The molecular formula is C20H22N4O5S2. The van der Waals surface area contributed by atoms with Gasteiger partial charge in [0.15, 0.2) is 4.96 Å². The number of nitrogens with one attached hydrogen (secondary N) is 1. The number of rotatable bonds is 6. The standard InChI is InChI=1S/C20H22N4O5S2/c1-29-19(26)16-4-2-3-5-17(16)31(27,28)24-8-6-14(7-9-24)18(25)21-12-15-13-23-10-11-30-20(23)22-15/h2-5,10-11,13-14H,6-9,12H2,1H3,(H,21,25). The zero-order chi connectivity index (χ0) is 22.0. The molecule has 0 unspecified atom stereocenters. The molecule has 0 bridgehead atoms. The van der Waals surface area contributed by atoms with Gasteiger partial charge < -0.3 is 10.1 Å². The first-order valence-electron chi connectivity index (χ1n) is 9.76. The van der Waals surface area contributed by atoms with Gasteiger partial charge in [0, 0.05) is 36.8 Å². The number of sulfonamides is 1. The Labute approximate surface area is 183 Å². The zero-order valence-electron chi connectivity index (χ0n) is 16.9. The van der Waals surface area contributed by atoms with Gasteiger partial charge in [-0.3, -0.25) is 9.20 Å². The van der Waals surface area contributed by atoms with Crippen LogP contribution in [0.1, 0.15) is 28.9 Å². The Morgan fingerprint density at radius 2 is 2.00 bits per heavy atom. The molecule has 0 atom stereocenters. The van der Waals surface area contributed by atoms with Crippen molar-refractivity contribution in [3.05, 3.63) is 53.3 Å². The molecule has 3 aromatic rings. The zero-order valence-corrected chi connectivity index (χ0v) is 18.5. The first-order chi connectivity index (χ1) is 14.9. The van der Waals surface area contributed by atoms with E-state index >= 15 is 0 Å². The van der Waals surface area contributed by atoms with E-state index in [1.165, 1.54) is 34.9 Å². The third kappa shape index (κ3) is 4.34. The van der Waals surface area contributed by atoms with Crippen molar-refractivity contribution in [2.24, 2.45) is 5.92 Å². The Hall–Kier alpha value is -2.76. The van der Waals surface area contributed by atoms with Crippen molar-refractivity contribution in [1.29, 1.82) is 0 Å². The number of hydrogen-bond acceptors (Lipinski definition) is 7. The lowest BCUT2D eigenvalue weighted by atomic mass is 9.97. The van der Waals surface area contributed by atoms with Crippen molar-refractivity contribution >= 4 is 38.2 Å². The van der Waals surface area contributed by atoms with E-state index in [9.17, 15) is 18.0 Å². The van der Waals surface area contributed by atoms with Crippen LogP contribution in [0.3, 0.4) is 0 Å². The number of fused-ring (bicyclic) bond motifs is 1. The number of aromatic nitrogens is 2. The van der Waals surface area contributed by atoms with Gasteiger partial charge in [-0.15, -0.1) is 11.3 Å². The van der Waals surface area contributed by atoms with Gasteiger partial charge >= 0.3 is 5.97 Å². The monoisotopic (exact) mass is 462 g/mol. The van der Waals surface area contributed by atoms with Crippen LogP contribution in [0.25, 0.3) is 4.96 Å². The molecule has 0 saturated carbocycles. The molecule has 1 fully saturated rings. The molecular weight excluding hydrogens is 440 g/mol. The molecule has 9 nitrogen and oxygen atoms in total. The number of amides is 1. The van der Waals surface area contributed by atoms with Crippen LogP contribution < -0.4 is 5.32 Å². The van der Waals surface area contributed by atoms with Gasteiger partial charge in [0.05, 0.1) is 29.8 Å². The number of benzene rings is 1. The van der Waals surface area contributed by atoms with Gasteiger partial charge in [-0.1, -0.05) is 12.1 Å². The Morgan fingerprint density at radius 1 is 1.26 bits per heavy atom. The number of methoxy groups -OCH3 is 1. The molecule has 1 amide bonds. The smallest absolute Gasteiger partial charge is 0.339 e. The summed E-state index contributed by atoms with van der Waals surface area (Å²) < 4.78 is 34.1. The summed E-state index contributed by atoms with van der Waals surface area (Å²) >= 11 is 1.52. The van der Waals surface area contributed by atoms with E-state index in [2.05, 4.69) is 10.3 Å². The molecule has 0 radical (unpaired) electrons. The highest BCUT2D eigenvalue weighted by molar-refractivity contribution is 7.89. The molecule has 4 rings (SSSR count). The lowest BCUT2D eigenvalue weighted by Crippen LogP contribution is -2.43. The summed E-state index contributed by atoms with van der Waals surface area (Å²) in [5.41, 5.74) is 0.782. The fourth-order valence-corrected chi connectivity index (χ4v) is 6.02. The maximum atomic E-state index is 13.1. The topological polar surface area (TPSA) is 110 Å². The maximum Gasteiger partial charge on any atom is 0.339 e. The van der Waals surface area contributed by atoms with Crippen molar-refractivity contribution in [3.63, 3.8) is 0 Å². The van der Waals surface area contributed by atoms with E-state index in [4.69, 9.17) is 4.74 Å². The largest absolute Gasteiger partial charge is 0.465 e. The second-order valence-electron chi connectivity index (χ2n) is 7.21. The van der Waals surface area contributed by atoms with Crippen LogP contribution in [0.2, 0.25) is 0 Å². The van der Waals surface area contributed by atoms with E-state index < -0.39 is 16.0 Å². The van der Waals surface area contributed by atoms with Crippen LogP contribution >= 0.6 is 11.3 Å². The Kier molecular flexibility index (Phi) is 6.08. The first-order valence-corrected chi connectivity index (χ1v) is 12.1. The number of thiazole rings is 1. The van der Waals surface area contributed by atoms with Crippen LogP contribution in [-0.4, -0.2) is 54.2 Å². The highest BCUT2D eigenvalue weighted by Crippen LogP contribution is 2.26. The van der Waals surface area contributed by atoms with Crippen molar-refractivity contribution in [2.75, 3.05) is 20.2 Å². The molecule has 1 aliphatic rings. The summed E-state index contributed by atoms with van der Waals surface area (Å²) in [5, 5.41) is 4.84. The van der Waals surface area contributed by atoms with E-state index in [0.717, 1.165) is 10.7 Å². The predicted molar refractivity (Wildman–Crippen MR) is 114 cm³/mol. The van der Waals surface area contributed by atoms with Crippen LogP contribution in [0.15, 0.2) is 46.9 Å². The molecule has 1 saturated heterocycles. The summed E-state index contributed by atoms with van der Waals surface area (Å²) in [6.45, 7) is 0.741. The minimum atomic E-state index is -3.87. The summed E-state index contributed by atoms with van der Waals surface area (Å²) in [6, 6.07) is 5.99. The quantitative estimate of drug-likeness (QED) is 0.561. The van der Waals surface area contributed by atoms with Crippen LogP contribution in [0, 0.1) is 5.92 Å². The third-order valence-corrected chi connectivity index (χ3v) is 8.05. The molecule has 2 aromatic heterocycles. The lowest BCUT2D eigenvalue weighted by molar-refractivity contribution is -0.126. The number of nitrogens with zero attached hydrogens (tertiary/aromatic N) is 3. The number of carbonyl (C=O) groups is 2. The molecule has 3 heterocycles. The molecule has 1 aromatic carbocycles. The number of carbonyl (C=O) groups excluding carboxylic acids is 2. The second kappa shape index (κ2) is 8.77. The van der Waals surface area contributed by atoms with E-state index in [1.807, 2.05) is 22.2 Å². The van der Waals surface area contributed by atoms with Gasteiger partial charge in [0.2, 0.25) is 15.9 Å². The Bertz CT molecular complexity index is 1180. The summed E-state index contributed by atoms with van der Waals surface area (Å²) in [4.78, 5) is 29.8. The lowest BCUT2D eigenvalue weighted by Gasteiger charge is -2.30. The average Bonchev–Trinajstić information content (AvgIpc) is 3.39. The number of imidazole rings is 1. The van der Waals surface area contributed by atoms with Gasteiger partial charge in [-0.2, -0.15) is 4.31 Å². The van der Waals surface area contributed by atoms with Gasteiger partial charge in [0.1, 0.15) is 0 Å². The highest BCUT2D eigenvalue weighted by atomic mass is 32.2. The van der Waals surface area contributed by atoms with Gasteiger partial charge in [0.25, 0.3) is 0 Å². The second-order valence-corrected chi connectivity index (χ2v) is 9.99. The Balaban J connectivity index is 1.37. The normalized spacial score (nSPS) is 15.8. The molecule has 0 aliphatic carbocycles. The maximum absolute atomic E-state index is 13.1. The molecule has 11 heteroatoms. The molecule has 31 heavy (non-hydrogen) atoms. The minimum Gasteiger partial charge on any atom is -0.465 e. The molecule has 164 valence electrons. The summed E-state index contributed by atoms with van der Waals surface area (Å²) in [5.74, 6) is -1.08. The first kappa shape index (κ1) is 21.5. The van der Waals surface area contributed by atoms with Crippen molar-refractivity contribution in [1.82, 2.24) is 19.0 Å². The van der Waals surface area contributed by atoms with Crippen molar-refractivity contribution in [3.8, 4) is 0 Å². The van der Waals surface area contributed by atoms with E-state index in [1.54, 1.807) is 12.1 Å². The van der Waals surface area contributed by atoms with E-state index in [0.29, 0.717) is 19.4 Å². The third-order valence-electron chi connectivity index (χ3n) is 5.32. The van der Waals surface area contributed by atoms with Crippen molar-refractivity contribution in [2.45, 2.75) is 24.3 Å². The highest BCUT2D eigenvalue weighted by Gasteiger charge is 2.34. The van der Waals surface area contributed by atoms with Crippen LogP contribution in [0.5, 0.6) is 0 Å². The predicted octanol–water partition coefficient (Wildman–Crippen LogP) is 1.90. The summed E-state index contributed by atoms with van der Waals surface area (Å²) in [6.07, 6.45) is 4.60. The van der Waals surface area contributed by atoms with E-state index in [-0.39, 0.29) is 35.4 Å². The van der Waals surface area contributed by atoms with Crippen molar-refractivity contribution < 1.29 is 22.7 Å². The number of hydrogen-bond donors (Lipinski definition) is 1. The van der Waals surface area contributed by atoms with Crippen LogP contribution in [-0.2, 0) is 26.1 Å². The van der Waals surface area contributed by atoms with Gasteiger partial charge in [-0.05, 0) is 25.0 Å². The summed E-state index contributed by atoms with van der Waals surface area (Å²) in [7, 11) is -2.66. The number of ether oxygens (including phenoxy) is 1. The fourth-order valence-electron chi connectivity index (χ4n) is 3.65. The number of esters is 1. The van der Waals surface area contributed by atoms with Crippen LogP contribution in [0.4, 0.5) is 0 Å².